The van der Waals surface area contributed by atoms with Gasteiger partial charge in [0.25, 0.3) is 0 Å². The first-order chi connectivity index (χ1) is 29.5. The summed E-state index contributed by atoms with van der Waals surface area (Å²) in [7, 11) is 0. The van der Waals surface area contributed by atoms with E-state index in [1.165, 1.54) is 55.6 Å². The van der Waals surface area contributed by atoms with E-state index in [2.05, 4.69) is 196 Å². The van der Waals surface area contributed by atoms with E-state index >= 15 is 0 Å². The van der Waals surface area contributed by atoms with Crippen LogP contribution in [0.25, 0.3) is 93.2 Å². The van der Waals surface area contributed by atoms with E-state index in [1.54, 1.807) is 0 Å². The predicted octanol–water partition coefficient (Wildman–Crippen LogP) is 15.5. The number of nitriles is 1. The highest BCUT2D eigenvalue weighted by Crippen LogP contribution is 2.45. The van der Waals surface area contributed by atoms with Crippen molar-refractivity contribution in [1.82, 2.24) is 9.13 Å². The molecule has 0 atom stereocenters. The average molecular weight is 785 g/mol. The van der Waals surface area contributed by atoms with Gasteiger partial charge in [-0.2, -0.15) is 5.26 Å². The standard InChI is InChI=1S/C57H44N4/c1-33-23-36(4)56(37(5)24-33)41-18-21-52-46(28-41)44-13-9-11-15-50(44)60(52)54-31-49(59-8)55(30-48(54)43-20-17-40(32-58)27-35(43)3)61-51-16-12-10-14-45(51)47-29-42(19-22-53(47)61)57-38(6)25-34(2)26-39(57)7/h9-31H,1-7H3. The summed E-state index contributed by atoms with van der Waals surface area (Å²) in [5.41, 5.74) is 22.5. The molecule has 4 heteroatoms. The molecule has 10 rings (SSSR count). The molecule has 4 nitrogen and oxygen atoms in total. The van der Waals surface area contributed by atoms with Crippen LogP contribution in [0.15, 0.2) is 140 Å². The van der Waals surface area contributed by atoms with Crippen LogP contribution < -0.4 is 0 Å². The first kappa shape index (κ1) is 37.6. The summed E-state index contributed by atoms with van der Waals surface area (Å²) in [6.45, 7) is 23.9. The molecule has 0 amide bonds. The lowest BCUT2D eigenvalue weighted by molar-refractivity contribution is 1.15. The summed E-state index contributed by atoms with van der Waals surface area (Å²) in [5, 5.41) is 14.5. The molecule has 0 fully saturated rings. The zero-order valence-corrected chi connectivity index (χ0v) is 35.6. The number of benzene rings is 8. The second-order valence-electron chi connectivity index (χ2n) is 16.8. The van der Waals surface area contributed by atoms with E-state index in [9.17, 15) is 5.26 Å². The van der Waals surface area contributed by atoms with Crippen LogP contribution >= 0.6 is 0 Å². The van der Waals surface area contributed by atoms with Gasteiger partial charge in [0.15, 0.2) is 0 Å². The van der Waals surface area contributed by atoms with Crippen LogP contribution in [0.3, 0.4) is 0 Å². The van der Waals surface area contributed by atoms with Crippen LogP contribution in [0.5, 0.6) is 0 Å². The van der Waals surface area contributed by atoms with Crippen LogP contribution in [0.2, 0.25) is 0 Å². The Morgan fingerprint density at radius 1 is 0.443 bits per heavy atom. The lowest BCUT2D eigenvalue weighted by Crippen LogP contribution is -2.02. The Morgan fingerprint density at radius 3 is 1.39 bits per heavy atom. The van der Waals surface area contributed by atoms with E-state index in [0.29, 0.717) is 11.3 Å². The quantitative estimate of drug-likeness (QED) is 0.160. The minimum Gasteiger partial charge on any atom is -0.319 e. The largest absolute Gasteiger partial charge is 0.319 e. The van der Waals surface area contributed by atoms with Crippen molar-refractivity contribution in [2.45, 2.75) is 48.5 Å². The Balaban J connectivity index is 1.27. The number of aromatic nitrogens is 2. The topological polar surface area (TPSA) is 38.0 Å². The van der Waals surface area contributed by atoms with Crippen LogP contribution in [0.1, 0.15) is 44.5 Å². The monoisotopic (exact) mass is 784 g/mol. The molecule has 0 aliphatic heterocycles. The molecule has 2 aromatic heterocycles. The summed E-state index contributed by atoms with van der Waals surface area (Å²) in [4.78, 5) is 4.30. The number of para-hydroxylation sites is 2. The van der Waals surface area contributed by atoms with Crippen molar-refractivity contribution in [3.63, 3.8) is 0 Å². The highest BCUT2D eigenvalue weighted by Gasteiger charge is 2.23. The highest BCUT2D eigenvalue weighted by atomic mass is 15.0. The summed E-state index contributed by atoms with van der Waals surface area (Å²) in [5.74, 6) is 0. The Bertz CT molecular complexity index is 3530. The maximum absolute atomic E-state index is 9.90. The minimum absolute atomic E-state index is 0.551. The molecule has 0 spiro atoms. The molecule has 0 N–H and O–H groups in total. The zero-order chi connectivity index (χ0) is 42.3. The third-order valence-electron chi connectivity index (χ3n) is 12.6. The van der Waals surface area contributed by atoms with Crippen LogP contribution in [0.4, 0.5) is 5.69 Å². The normalized spacial score (nSPS) is 11.5. The molecule has 0 saturated heterocycles. The van der Waals surface area contributed by atoms with Gasteiger partial charge < -0.3 is 9.13 Å². The number of hydrogen-bond donors (Lipinski definition) is 0. The van der Waals surface area contributed by atoms with Crippen molar-refractivity contribution in [2.75, 3.05) is 0 Å². The molecule has 0 aliphatic rings. The molecule has 292 valence electrons. The SMILES string of the molecule is [C-]#[N+]c1cc(-n2c3ccccc3c3cc(-c4c(C)cc(C)cc4C)ccc32)c(-c2ccc(C#N)cc2C)cc1-n1c2ccccc2c2cc(-c3c(C)cc(C)cc3C)ccc21. The number of rotatable bonds is 5. The minimum atomic E-state index is 0.551. The molecule has 10 aromatic rings. The number of fused-ring (bicyclic) bond motifs is 6. The van der Waals surface area contributed by atoms with Crippen molar-refractivity contribution in [3.05, 3.63) is 195 Å². The summed E-state index contributed by atoms with van der Waals surface area (Å²) < 4.78 is 4.60. The van der Waals surface area contributed by atoms with E-state index in [0.717, 1.165) is 71.7 Å². The molecular formula is C57H44N4. The summed E-state index contributed by atoms with van der Waals surface area (Å²) in [6.07, 6.45) is 0. The third kappa shape index (κ3) is 5.95. The van der Waals surface area contributed by atoms with E-state index in [1.807, 2.05) is 12.1 Å². The molecule has 2 heterocycles. The lowest BCUT2D eigenvalue weighted by Gasteiger charge is -2.20. The summed E-state index contributed by atoms with van der Waals surface area (Å²) in [6, 6.07) is 52.3. The van der Waals surface area contributed by atoms with E-state index in [4.69, 9.17) is 6.57 Å². The second kappa shape index (κ2) is 14.3. The van der Waals surface area contributed by atoms with Gasteiger partial charge in [-0.1, -0.05) is 90.0 Å². The maximum Gasteiger partial charge on any atom is 0.212 e. The Kier molecular flexibility index (Phi) is 8.79. The molecule has 0 unspecified atom stereocenters. The highest BCUT2D eigenvalue weighted by molar-refractivity contribution is 6.13. The maximum atomic E-state index is 9.90. The smallest absolute Gasteiger partial charge is 0.212 e. The molecule has 0 radical (unpaired) electrons. The Labute approximate surface area is 357 Å². The number of hydrogen-bond acceptors (Lipinski definition) is 1. The van der Waals surface area contributed by atoms with Gasteiger partial charge in [-0.15, -0.1) is 0 Å². The van der Waals surface area contributed by atoms with Gasteiger partial charge >= 0.3 is 0 Å². The van der Waals surface area contributed by atoms with Gasteiger partial charge in [-0.05, 0) is 165 Å². The fourth-order valence-electron chi connectivity index (χ4n) is 10.3. The van der Waals surface area contributed by atoms with Gasteiger partial charge in [0.05, 0.1) is 46.0 Å². The van der Waals surface area contributed by atoms with Gasteiger partial charge in [-0.25, -0.2) is 4.85 Å². The first-order valence-corrected chi connectivity index (χ1v) is 20.8. The van der Waals surface area contributed by atoms with Gasteiger partial charge in [-0.3, -0.25) is 0 Å². The molecule has 0 saturated carbocycles. The van der Waals surface area contributed by atoms with Crippen LogP contribution in [-0.4, -0.2) is 9.13 Å². The molecule has 61 heavy (non-hydrogen) atoms. The van der Waals surface area contributed by atoms with E-state index in [-0.39, 0.29) is 0 Å². The Morgan fingerprint density at radius 2 is 0.918 bits per heavy atom. The van der Waals surface area contributed by atoms with Gasteiger partial charge in [0.2, 0.25) is 5.69 Å². The second-order valence-corrected chi connectivity index (χ2v) is 16.8. The van der Waals surface area contributed by atoms with Crippen molar-refractivity contribution in [3.8, 4) is 50.8 Å². The Hall–Kier alpha value is -7.66. The molecule has 8 aromatic carbocycles. The lowest BCUT2D eigenvalue weighted by atomic mass is 9.93. The molecule has 0 aliphatic carbocycles. The fourth-order valence-corrected chi connectivity index (χ4v) is 10.3. The number of aryl methyl sites for hydroxylation is 7. The van der Waals surface area contributed by atoms with Crippen molar-refractivity contribution in [1.29, 1.82) is 5.26 Å². The fraction of sp³-hybridized carbons (Fsp3) is 0.123. The van der Waals surface area contributed by atoms with Gasteiger partial charge in [0.1, 0.15) is 0 Å². The van der Waals surface area contributed by atoms with Crippen LogP contribution in [-0.2, 0) is 0 Å². The van der Waals surface area contributed by atoms with Gasteiger partial charge in [0, 0.05) is 32.8 Å². The zero-order valence-electron chi connectivity index (χ0n) is 35.6. The van der Waals surface area contributed by atoms with Crippen molar-refractivity contribution >= 4 is 49.3 Å². The summed E-state index contributed by atoms with van der Waals surface area (Å²) >= 11 is 0. The third-order valence-corrected chi connectivity index (χ3v) is 12.6. The van der Waals surface area contributed by atoms with Crippen molar-refractivity contribution < 1.29 is 0 Å². The van der Waals surface area contributed by atoms with E-state index < -0.39 is 0 Å². The molecule has 0 bridgehead atoms. The molecular weight excluding hydrogens is 741 g/mol. The van der Waals surface area contributed by atoms with Crippen molar-refractivity contribution in [2.24, 2.45) is 0 Å². The predicted molar refractivity (Wildman–Crippen MR) is 256 cm³/mol. The average Bonchev–Trinajstić information content (AvgIpc) is 3.74. The number of nitrogens with zero attached hydrogens (tertiary/aromatic N) is 4. The van der Waals surface area contributed by atoms with Crippen LogP contribution in [0, 0.1) is 66.4 Å². The first-order valence-electron chi connectivity index (χ1n) is 20.8.